The molecule has 5 nitrogen and oxygen atoms in total. The van der Waals surface area contributed by atoms with Gasteiger partial charge in [0.15, 0.2) is 17.2 Å². The molecule has 1 aromatic heterocycles. The van der Waals surface area contributed by atoms with Crippen LogP contribution in [0.1, 0.15) is 49.5 Å². The van der Waals surface area contributed by atoms with Crippen molar-refractivity contribution in [1.82, 2.24) is 10.3 Å². The molecule has 0 spiro atoms. The van der Waals surface area contributed by atoms with Crippen LogP contribution in [0.3, 0.4) is 0 Å². The van der Waals surface area contributed by atoms with Crippen molar-refractivity contribution in [2.24, 2.45) is 5.92 Å². The number of ether oxygens (including phenoxy) is 1. The standard InChI is InChI=1S/C15H22N2O3/c1-10(11-6-4-3-5-7-11)17-15(19)13-14(18)12(20-2)8-9-16-13/h8-11,18H,3-7H2,1-2H3,(H,17,19)/t10-/m1/s1. The lowest BCUT2D eigenvalue weighted by Gasteiger charge is -2.28. The molecule has 0 aliphatic heterocycles. The maximum atomic E-state index is 12.2. The van der Waals surface area contributed by atoms with Gasteiger partial charge in [0.25, 0.3) is 5.91 Å². The largest absolute Gasteiger partial charge is 0.503 e. The molecule has 1 fully saturated rings. The summed E-state index contributed by atoms with van der Waals surface area (Å²) >= 11 is 0. The molecule has 20 heavy (non-hydrogen) atoms. The van der Waals surface area contributed by atoms with E-state index in [1.165, 1.54) is 38.6 Å². The zero-order valence-corrected chi connectivity index (χ0v) is 12.1. The van der Waals surface area contributed by atoms with Crippen molar-refractivity contribution in [3.05, 3.63) is 18.0 Å². The lowest BCUT2D eigenvalue weighted by atomic mass is 9.84. The molecule has 1 saturated carbocycles. The van der Waals surface area contributed by atoms with E-state index in [1.807, 2.05) is 6.92 Å². The first-order valence-corrected chi connectivity index (χ1v) is 7.16. The topological polar surface area (TPSA) is 71.5 Å². The highest BCUT2D eigenvalue weighted by Gasteiger charge is 2.24. The fourth-order valence-corrected chi connectivity index (χ4v) is 2.79. The monoisotopic (exact) mass is 278 g/mol. The highest BCUT2D eigenvalue weighted by Crippen LogP contribution is 2.29. The number of methoxy groups -OCH3 is 1. The summed E-state index contributed by atoms with van der Waals surface area (Å²) in [5, 5.41) is 12.9. The van der Waals surface area contributed by atoms with Crippen molar-refractivity contribution < 1.29 is 14.6 Å². The van der Waals surface area contributed by atoms with Gasteiger partial charge in [-0.25, -0.2) is 4.98 Å². The van der Waals surface area contributed by atoms with Crippen molar-refractivity contribution in [1.29, 1.82) is 0 Å². The first kappa shape index (κ1) is 14.6. The Kier molecular flexibility index (Phi) is 4.82. The molecule has 1 aliphatic carbocycles. The molecule has 2 rings (SSSR count). The van der Waals surface area contributed by atoms with E-state index in [9.17, 15) is 9.90 Å². The number of nitrogens with one attached hydrogen (secondary N) is 1. The number of carbonyl (C=O) groups is 1. The minimum atomic E-state index is -0.348. The average molecular weight is 278 g/mol. The molecule has 0 radical (unpaired) electrons. The summed E-state index contributed by atoms with van der Waals surface area (Å²) in [6.07, 6.45) is 7.51. The van der Waals surface area contributed by atoms with Gasteiger partial charge in [0.2, 0.25) is 0 Å². The summed E-state index contributed by atoms with van der Waals surface area (Å²) in [4.78, 5) is 16.1. The summed E-state index contributed by atoms with van der Waals surface area (Å²) in [5.74, 6) is 0.221. The third-order valence-corrected chi connectivity index (χ3v) is 4.04. The Bertz CT molecular complexity index is 470. The second-order valence-electron chi connectivity index (χ2n) is 5.37. The fourth-order valence-electron chi connectivity index (χ4n) is 2.79. The van der Waals surface area contributed by atoms with Gasteiger partial charge in [-0.1, -0.05) is 19.3 Å². The number of carbonyl (C=O) groups excluding carboxylic acids is 1. The van der Waals surface area contributed by atoms with Crippen molar-refractivity contribution in [3.63, 3.8) is 0 Å². The van der Waals surface area contributed by atoms with E-state index in [2.05, 4.69) is 10.3 Å². The van der Waals surface area contributed by atoms with E-state index in [4.69, 9.17) is 4.74 Å². The molecule has 1 heterocycles. The maximum absolute atomic E-state index is 12.2. The zero-order valence-electron chi connectivity index (χ0n) is 12.1. The van der Waals surface area contributed by atoms with Gasteiger partial charge in [0.05, 0.1) is 7.11 Å². The van der Waals surface area contributed by atoms with Gasteiger partial charge in [-0.2, -0.15) is 0 Å². The number of pyridine rings is 1. The van der Waals surface area contributed by atoms with Crippen LogP contribution in [0, 0.1) is 5.92 Å². The number of hydrogen-bond acceptors (Lipinski definition) is 4. The summed E-state index contributed by atoms with van der Waals surface area (Å²) in [6, 6.07) is 1.62. The van der Waals surface area contributed by atoms with Gasteiger partial charge < -0.3 is 15.2 Å². The maximum Gasteiger partial charge on any atom is 0.274 e. The molecule has 0 aromatic carbocycles. The Morgan fingerprint density at radius 2 is 2.15 bits per heavy atom. The Balaban J connectivity index is 2.04. The van der Waals surface area contributed by atoms with Gasteiger partial charge in [-0.05, 0) is 25.7 Å². The van der Waals surface area contributed by atoms with Crippen molar-refractivity contribution in [3.8, 4) is 11.5 Å². The summed E-state index contributed by atoms with van der Waals surface area (Å²) in [7, 11) is 1.45. The zero-order chi connectivity index (χ0) is 14.5. The number of rotatable bonds is 4. The normalized spacial score (nSPS) is 17.5. The predicted molar refractivity (Wildman–Crippen MR) is 76.0 cm³/mol. The molecule has 1 amide bonds. The third-order valence-electron chi connectivity index (χ3n) is 4.04. The molecule has 1 aromatic rings. The lowest BCUT2D eigenvalue weighted by molar-refractivity contribution is 0.0910. The van der Waals surface area contributed by atoms with E-state index < -0.39 is 0 Å². The summed E-state index contributed by atoms with van der Waals surface area (Å²) in [5.41, 5.74) is 0.0204. The van der Waals surface area contributed by atoms with E-state index in [-0.39, 0.29) is 29.1 Å². The summed E-state index contributed by atoms with van der Waals surface area (Å²) < 4.78 is 4.99. The molecular weight excluding hydrogens is 256 g/mol. The molecule has 2 N–H and O–H groups in total. The van der Waals surface area contributed by atoms with E-state index in [0.717, 1.165) is 12.8 Å². The molecule has 1 atom stereocenters. The molecule has 5 heteroatoms. The lowest BCUT2D eigenvalue weighted by Crippen LogP contribution is -2.39. The first-order valence-electron chi connectivity index (χ1n) is 7.16. The van der Waals surface area contributed by atoms with Crippen LogP contribution in [0.15, 0.2) is 12.3 Å². The van der Waals surface area contributed by atoms with Gasteiger partial charge >= 0.3 is 0 Å². The fraction of sp³-hybridized carbons (Fsp3) is 0.600. The minimum Gasteiger partial charge on any atom is -0.503 e. The molecule has 0 bridgehead atoms. The Morgan fingerprint density at radius 3 is 2.80 bits per heavy atom. The van der Waals surface area contributed by atoms with Crippen LogP contribution >= 0.6 is 0 Å². The number of aromatic nitrogens is 1. The van der Waals surface area contributed by atoms with Crippen LogP contribution in [0.25, 0.3) is 0 Å². The van der Waals surface area contributed by atoms with Crippen LogP contribution in [0.4, 0.5) is 0 Å². The van der Waals surface area contributed by atoms with Gasteiger partial charge in [0.1, 0.15) is 0 Å². The van der Waals surface area contributed by atoms with E-state index >= 15 is 0 Å². The van der Waals surface area contributed by atoms with Crippen molar-refractivity contribution in [2.45, 2.75) is 45.1 Å². The van der Waals surface area contributed by atoms with E-state index in [0.29, 0.717) is 5.92 Å². The Hall–Kier alpha value is -1.78. The smallest absolute Gasteiger partial charge is 0.274 e. The highest BCUT2D eigenvalue weighted by atomic mass is 16.5. The van der Waals surface area contributed by atoms with Crippen molar-refractivity contribution >= 4 is 5.91 Å². The third kappa shape index (κ3) is 3.21. The van der Waals surface area contributed by atoms with Gasteiger partial charge in [0, 0.05) is 18.3 Å². The van der Waals surface area contributed by atoms with Crippen LogP contribution in [0.2, 0.25) is 0 Å². The molecule has 0 unspecified atom stereocenters. The van der Waals surface area contributed by atoms with Crippen molar-refractivity contribution in [2.75, 3.05) is 7.11 Å². The average Bonchev–Trinajstić information content (AvgIpc) is 2.48. The molecule has 110 valence electrons. The quantitative estimate of drug-likeness (QED) is 0.887. The number of amides is 1. The Labute approximate surface area is 119 Å². The number of aromatic hydroxyl groups is 1. The molecular formula is C15H22N2O3. The second kappa shape index (κ2) is 6.59. The molecule has 1 aliphatic rings. The van der Waals surface area contributed by atoms with Crippen LogP contribution in [-0.4, -0.2) is 29.1 Å². The number of nitrogens with zero attached hydrogens (tertiary/aromatic N) is 1. The first-order chi connectivity index (χ1) is 9.63. The SMILES string of the molecule is COc1ccnc(C(=O)N[C@H](C)C2CCCCC2)c1O. The minimum absolute atomic E-state index is 0.0204. The Morgan fingerprint density at radius 1 is 1.45 bits per heavy atom. The second-order valence-corrected chi connectivity index (χ2v) is 5.37. The highest BCUT2D eigenvalue weighted by molar-refractivity contribution is 5.95. The van der Waals surface area contributed by atoms with Gasteiger partial charge in [-0.3, -0.25) is 4.79 Å². The van der Waals surface area contributed by atoms with Crippen LogP contribution in [-0.2, 0) is 0 Å². The van der Waals surface area contributed by atoms with E-state index in [1.54, 1.807) is 0 Å². The predicted octanol–water partition coefficient (Wildman–Crippen LogP) is 2.49. The molecule has 0 saturated heterocycles. The van der Waals surface area contributed by atoms with Crippen LogP contribution < -0.4 is 10.1 Å². The van der Waals surface area contributed by atoms with Crippen LogP contribution in [0.5, 0.6) is 11.5 Å². The summed E-state index contributed by atoms with van der Waals surface area (Å²) in [6.45, 7) is 2.02. The van der Waals surface area contributed by atoms with Gasteiger partial charge in [-0.15, -0.1) is 0 Å². The number of hydrogen-bond donors (Lipinski definition) is 2.